The molecule has 2 aromatic rings. The Hall–Kier alpha value is -0.910. The summed E-state index contributed by atoms with van der Waals surface area (Å²) in [5, 5.41) is 0. The van der Waals surface area contributed by atoms with Gasteiger partial charge in [-0.3, -0.25) is 0 Å². The van der Waals surface area contributed by atoms with Crippen LogP contribution >= 0.6 is 31.9 Å². The zero-order valence-electron chi connectivity index (χ0n) is 10.2. The van der Waals surface area contributed by atoms with E-state index in [-0.39, 0.29) is 5.82 Å². The first kappa shape index (κ1) is 14.5. The lowest BCUT2D eigenvalue weighted by molar-refractivity contribution is 0.410. The maximum Gasteiger partial charge on any atom is 0.132 e. The predicted molar refractivity (Wildman–Crippen MR) is 80.8 cm³/mol. The third-order valence-corrected chi connectivity index (χ3v) is 4.02. The van der Waals surface area contributed by atoms with Crippen molar-refractivity contribution in [2.45, 2.75) is 6.04 Å². The zero-order valence-corrected chi connectivity index (χ0v) is 13.3. The van der Waals surface area contributed by atoms with Crippen molar-refractivity contribution in [3.63, 3.8) is 0 Å². The lowest BCUT2D eigenvalue weighted by Crippen LogP contribution is -2.14. The van der Waals surface area contributed by atoms with Crippen LogP contribution in [0.1, 0.15) is 17.2 Å². The summed E-state index contributed by atoms with van der Waals surface area (Å²) in [6.45, 7) is 0. The smallest absolute Gasteiger partial charge is 0.132 e. The zero-order chi connectivity index (χ0) is 14.0. The molecule has 0 aromatic heterocycles. The number of hydrogen-bond acceptors (Lipinski definition) is 2. The Morgan fingerprint density at radius 1 is 1.11 bits per heavy atom. The van der Waals surface area contributed by atoms with Gasteiger partial charge in [-0.15, -0.1) is 0 Å². The van der Waals surface area contributed by atoms with Crippen molar-refractivity contribution < 1.29 is 9.13 Å². The van der Waals surface area contributed by atoms with Crippen molar-refractivity contribution in [3.8, 4) is 5.75 Å². The van der Waals surface area contributed by atoms with E-state index in [1.54, 1.807) is 12.1 Å². The molecule has 0 aliphatic rings. The Balaban J connectivity index is 2.41. The molecule has 0 aliphatic heterocycles. The minimum Gasteiger partial charge on any atom is -0.497 e. The molecule has 0 bridgehead atoms. The van der Waals surface area contributed by atoms with E-state index >= 15 is 0 Å². The Labute approximate surface area is 128 Å². The Kier molecular flexibility index (Phi) is 4.60. The molecule has 0 spiro atoms. The first-order valence-electron chi connectivity index (χ1n) is 5.57. The first-order valence-corrected chi connectivity index (χ1v) is 7.15. The van der Waals surface area contributed by atoms with Gasteiger partial charge in [-0.05, 0) is 23.8 Å². The van der Waals surface area contributed by atoms with Gasteiger partial charge in [0.15, 0.2) is 0 Å². The monoisotopic (exact) mass is 387 g/mol. The summed E-state index contributed by atoms with van der Waals surface area (Å²) in [5.74, 6) is 0.102. The van der Waals surface area contributed by atoms with Crippen LogP contribution in [0.25, 0.3) is 0 Å². The molecule has 1 atom stereocenters. The molecule has 2 aromatic carbocycles. The molecule has 5 heteroatoms. The topological polar surface area (TPSA) is 35.2 Å². The standard InChI is InChI=1S/C14H12Br2FNO/c1-19-9-3-5-11(13(17)7-9)14(18)10-4-2-8(15)6-12(10)16/h2-7,14H,18H2,1H3. The molecule has 0 aliphatic carbocycles. The van der Waals surface area contributed by atoms with Crippen LogP contribution < -0.4 is 10.5 Å². The van der Waals surface area contributed by atoms with E-state index < -0.39 is 6.04 Å². The molecule has 0 heterocycles. The fourth-order valence-corrected chi connectivity index (χ4v) is 3.10. The van der Waals surface area contributed by atoms with Gasteiger partial charge in [0.05, 0.1) is 13.2 Å². The number of rotatable bonds is 3. The minimum absolute atomic E-state index is 0.373. The van der Waals surface area contributed by atoms with Gasteiger partial charge < -0.3 is 10.5 Å². The molecule has 0 fully saturated rings. The van der Waals surface area contributed by atoms with Gasteiger partial charge in [0, 0.05) is 20.6 Å². The second kappa shape index (κ2) is 6.03. The number of benzene rings is 2. The molecule has 2 nitrogen and oxygen atoms in total. The molecule has 2 rings (SSSR count). The number of halogens is 3. The van der Waals surface area contributed by atoms with Crippen molar-refractivity contribution in [1.82, 2.24) is 0 Å². The largest absolute Gasteiger partial charge is 0.497 e. The van der Waals surface area contributed by atoms with Crippen LogP contribution in [-0.4, -0.2) is 7.11 Å². The Morgan fingerprint density at radius 2 is 1.79 bits per heavy atom. The maximum atomic E-state index is 14.0. The molecule has 0 amide bonds. The molecule has 2 N–H and O–H groups in total. The summed E-state index contributed by atoms with van der Waals surface area (Å²) in [4.78, 5) is 0. The highest BCUT2D eigenvalue weighted by Crippen LogP contribution is 2.31. The summed E-state index contributed by atoms with van der Waals surface area (Å²) in [6, 6.07) is 9.77. The second-order valence-corrected chi connectivity index (χ2v) is 5.80. The van der Waals surface area contributed by atoms with Crippen LogP contribution in [-0.2, 0) is 0 Å². The van der Waals surface area contributed by atoms with Gasteiger partial charge in [-0.25, -0.2) is 4.39 Å². The average molecular weight is 389 g/mol. The Morgan fingerprint density at radius 3 is 2.37 bits per heavy atom. The molecule has 0 saturated heterocycles. The van der Waals surface area contributed by atoms with Crippen LogP contribution in [0.5, 0.6) is 5.75 Å². The number of nitrogens with two attached hydrogens (primary N) is 1. The fourth-order valence-electron chi connectivity index (χ4n) is 1.81. The third-order valence-electron chi connectivity index (χ3n) is 2.84. The van der Waals surface area contributed by atoms with Crippen molar-refractivity contribution in [2.75, 3.05) is 7.11 Å². The van der Waals surface area contributed by atoms with E-state index in [1.807, 2.05) is 18.2 Å². The Bertz CT molecular complexity index is 604. The summed E-state index contributed by atoms with van der Waals surface area (Å²) < 4.78 is 20.8. The lowest BCUT2D eigenvalue weighted by Gasteiger charge is -2.16. The van der Waals surface area contributed by atoms with Crippen molar-refractivity contribution in [3.05, 3.63) is 62.3 Å². The summed E-state index contributed by atoms with van der Waals surface area (Å²) in [6.07, 6.45) is 0. The van der Waals surface area contributed by atoms with Gasteiger partial charge >= 0.3 is 0 Å². The van der Waals surface area contributed by atoms with Crippen LogP contribution in [0.2, 0.25) is 0 Å². The SMILES string of the molecule is COc1ccc(C(N)c2ccc(Br)cc2Br)c(F)c1. The average Bonchev–Trinajstić information content (AvgIpc) is 2.37. The number of ether oxygens (including phenoxy) is 1. The van der Waals surface area contributed by atoms with E-state index in [4.69, 9.17) is 10.5 Å². The van der Waals surface area contributed by atoms with Gasteiger partial charge in [-0.2, -0.15) is 0 Å². The van der Waals surface area contributed by atoms with E-state index in [9.17, 15) is 4.39 Å². The van der Waals surface area contributed by atoms with Crippen LogP contribution in [0.15, 0.2) is 45.3 Å². The lowest BCUT2D eigenvalue weighted by atomic mass is 9.99. The molecule has 19 heavy (non-hydrogen) atoms. The summed E-state index contributed by atoms with van der Waals surface area (Å²) >= 11 is 6.81. The third kappa shape index (κ3) is 3.16. The second-order valence-electron chi connectivity index (χ2n) is 4.03. The number of methoxy groups -OCH3 is 1. The van der Waals surface area contributed by atoms with Crippen molar-refractivity contribution in [1.29, 1.82) is 0 Å². The fraction of sp³-hybridized carbons (Fsp3) is 0.143. The molecule has 0 saturated carbocycles. The quantitative estimate of drug-likeness (QED) is 0.845. The molecule has 100 valence electrons. The van der Waals surface area contributed by atoms with Gasteiger partial charge in [-0.1, -0.05) is 44.0 Å². The maximum absolute atomic E-state index is 14.0. The van der Waals surface area contributed by atoms with Crippen molar-refractivity contribution >= 4 is 31.9 Å². The normalized spacial score (nSPS) is 12.3. The van der Waals surface area contributed by atoms with Crippen molar-refractivity contribution in [2.24, 2.45) is 5.73 Å². The first-order chi connectivity index (χ1) is 9.02. The van der Waals surface area contributed by atoms with Crippen LogP contribution in [0.4, 0.5) is 4.39 Å². The van der Waals surface area contributed by atoms with E-state index in [0.717, 1.165) is 14.5 Å². The van der Waals surface area contributed by atoms with Crippen LogP contribution in [0, 0.1) is 5.82 Å². The van der Waals surface area contributed by atoms with Gasteiger partial charge in [0.1, 0.15) is 11.6 Å². The number of hydrogen-bond donors (Lipinski definition) is 1. The molecule has 0 radical (unpaired) electrons. The summed E-state index contributed by atoms with van der Waals surface area (Å²) in [7, 11) is 1.50. The highest BCUT2D eigenvalue weighted by atomic mass is 79.9. The van der Waals surface area contributed by atoms with E-state index in [2.05, 4.69) is 31.9 Å². The molecular weight excluding hydrogens is 377 g/mol. The predicted octanol–water partition coefficient (Wildman–Crippen LogP) is 4.41. The highest BCUT2D eigenvalue weighted by Gasteiger charge is 2.16. The van der Waals surface area contributed by atoms with E-state index in [1.165, 1.54) is 13.2 Å². The van der Waals surface area contributed by atoms with Gasteiger partial charge in [0.25, 0.3) is 0 Å². The van der Waals surface area contributed by atoms with Crippen LogP contribution in [0.3, 0.4) is 0 Å². The summed E-state index contributed by atoms with van der Waals surface area (Å²) in [5.41, 5.74) is 7.39. The molecule has 1 unspecified atom stereocenters. The van der Waals surface area contributed by atoms with Gasteiger partial charge in [0.2, 0.25) is 0 Å². The minimum atomic E-state index is -0.534. The van der Waals surface area contributed by atoms with E-state index in [0.29, 0.717) is 11.3 Å². The highest BCUT2D eigenvalue weighted by molar-refractivity contribution is 9.11. The molecular formula is C14H12Br2FNO.